The van der Waals surface area contributed by atoms with Crippen LogP contribution in [0.5, 0.6) is 0 Å². The first kappa shape index (κ1) is 15.2. The molecule has 1 N–H and O–H groups in total. The zero-order chi connectivity index (χ0) is 15.6. The van der Waals surface area contributed by atoms with Crippen LogP contribution in [-0.4, -0.2) is 16.7 Å². The summed E-state index contributed by atoms with van der Waals surface area (Å²) in [6.45, 7) is 5.25. The number of nitrogens with one attached hydrogen (secondary N) is 1. The van der Waals surface area contributed by atoms with Gasteiger partial charge in [-0.25, -0.2) is 13.6 Å². The zero-order valence-electron chi connectivity index (χ0n) is 12.0. The highest BCUT2D eigenvalue weighted by Gasteiger charge is 2.16. The summed E-state index contributed by atoms with van der Waals surface area (Å²) in [5.74, 6) is 0. The van der Waals surface area contributed by atoms with Crippen molar-refractivity contribution >= 4 is 22.7 Å². The number of hydrogen-bond donors (Lipinski definition) is 1. The molecule has 21 heavy (non-hydrogen) atoms. The van der Waals surface area contributed by atoms with E-state index in [1.807, 2.05) is 0 Å². The minimum atomic E-state index is -2.54. The summed E-state index contributed by atoms with van der Waals surface area (Å²) >= 11 is 0. The monoisotopic (exact) mass is 294 g/mol. The van der Waals surface area contributed by atoms with Gasteiger partial charge in [-0.2, -0.15) is 0 Å². The van der Waals surface area contributed by atoms with Gasteiger partial charge in [-0.15, -0.1) is 0 Å². The highest BCUT2D eigenvalue weighted by Crippen LogP contribution is 2.24. The molecule has 112 valence electrons. The summed E-state index contributed by atoms with van der Waals surface area (Å²) in [7, 11) is 0. The molecular formula is C15H16F2N2O2. The topological polar surface area (TPSA) is 51.2 Å². The number of carbonyl (C=O) groups excluding carboxylic acids is 1. The Morgan fingerprint density at radius 1 is 1.29 bits per heavy atom. The van der Waals surface area contributed by atoms with E-state index in [1.54, 1.807) is 26.8 Å². The zero-order valence-corrected chi connectivity index (χ0v) is 12.0. The Labute approximate surface area is 121 Å². The summed E-state index contributed by atoms with van der Waals surface area (Å²) in [6.07, 6.45) is -1.71. The van der Waals surface area contributed by atoms with E-state index in [2.05, 4.69) is 10.3 Å². The van der Waals surface area contributed by atoms with Crippen LogP contribution in [0.25, 0.3) is 10.9 Å². The first-order valence-electron chi connectivity index (χ1n) is 6.42. The van der Waals surface area contributed by atoms with Crippen molar-refractivity contribution in [2.45, 2.75) is 32.8 Å². The number of aromatic nitrogens is 1. The lowest BCUT2D eigenvalue weighted by molar-refractivity contribution is 0.0636. The first-order valence-corrected chi connectivity index (χ1v) is 6.42. The Morgan fingerprint density at radius 3 is 2.62 bits per heavy atom. The molecule has 6 heteroatoms. The van der Waals surface area contributed by atoms with Crippen molar-refractivity contribution in [2.24, 2.45) is 0 Å². The van der Waals surface area contributed by atoms with Crippen LogP contribution in [-0.2, 0) is 4.74 Å². The van der Waals surface area contributed by atoms with E-state index in [4.69, 9.17) is 4.74 Å². The van der Waals surface area contributed by atoms with Crippen LogP contribution in [0.3, 0.4) is 0 Å². The minimum absolute atomic E-state index is 0.0845. The molecule has 0 aliphatic carbocycles. The Kier molecular flexibility index (Phi) is 4.06. The van der Waals surface area contributed by atoms with Gasteiger partial charge in [0.05, 0.1) is 17.4 Å². The number of ether oxygens (including phenoxy) is 1. The summed E-state index contributed by atoms with van der Waals surface area (Å²) in [5, 5.41) is 3.06. The molecule has 0 aliphatic heterocycles. The molecule has 0 bridgehead atoms. The van der Waals surface area contributed by atoms with Crippen molar-refractivity contribution < 1.29 is 18.3 Å². The smallest absolute Gasteiger partial charge is 0.412 e. The molecule has 0 atom stereocenters. The molecule has 1 aromatic heterocycles. The molecule has 1 amide bonds. The summed E-state index contributed by atoms with van der Waals surface area (Å²) < 4.78 is 30.5. The number of pyridine rings is 1. The third-order valence-electron chi connectivity index (χ3n) is 2.60. The van der Waals surface area contributed by atoms with Crippen molar-refractivity contribution in [1.29, 1.82) is 0 Å². The number of rotatable bonds is 2. The Bertz CT molecular complexity index is 666. The van der Waals surface area contributed by atoms with Gasteiger partial charge in [0.15, 0.2) is 0 Å². The fourth-order valence-corrected chi connectivity index (χ4v) is 1.78. The van der Waals surface area contributed by atoms with Crippen molar-refractivity contribution in [3.8, 4) is 0 Å². The third kappa shape index (κ3) is 4.11. The highest BCUT2D eigenvalue weighted by molar-refractivity contribution is 5.89. The van der Waals surface area contributed by atoms with E-state index < -0.39 is 18.1 Å². The maximum atomic E-state index is 12.7. The second-order valence-corrected chi connectivity index (χ2v) is 5.60. The molecule has 2 rings (SSSR count). The molecule has 1 heterocycles. The number of hydrogen-bond acceptors (Lipinski definition) is 3. The van der Waals surface area contributed by atoms with Crippen LogP contribution in [0, 0.1) is 0 Å². The molecule has 0 spiro atoms. The van der Waals surface area contributed by atoms with Crippen molar-refractivity contribution in [3.63, 3.8) is 0 Å². The number of amides is 1. The number of fused-ring (bicyclic) bond motifs is 1. The van der Waals surface area contributed by atoms with E-state index >= 15 is 0 Å². The molecule has 4 nitrogen and oxygen atoms in total. The molecule has 0 unspecified atom stereocenters. The van der Waals surface area contributed by atoms with Gasteiger partial charge in [0.1, 0.15) is 5.60 Å². The van der Waals surface area contributed by atoms with Gasteiger partial charge < -0.3 is 4.74 Å². The molecular weight excluding hydrogens is 278 g/mol. The van der Waals surface area contributed by atoms with E-state index in [0.29, 0.717) is 16.6 Å². The summed E-state index contributed by atoms with van der Waals surface area (Å²) in [4.78, 5) is 15.8. The molecule has 0 aliphatic rings. The van der Waals surface area contributed by atoms with Gasteiger partial charge in [-0.1, -0.05) is 6.07 Å². The van der Waals surface area contributed by atoms with Crippen molar-refractivity contribution in [3.05, 3.63) is 36.0 Å². The lowest BCUT2D eigenvalue weighted by Gasteiger charge is -2.19. The Hall–Kier alpha value is -2.24. The lowest BCUT2D eigenvalue weighted by Crippen LogP contribution is -2.27. The predicted octanol–water partition coefficient (Wildman–Crippen LogP) is 4.52. The molecule has 0 radical (unpaired) electrons. The fraction of sp³-hybridized carbons (Fsp3) is 0.333. The second-order valence-electron chi connectivity index (χ2n) is 5.60. The average molecular weight is 294 g/mol. The SMILES string of the molecule is CC(C)(C)OC(=O)Nc1cnc2ccc(C(F)F)cc2c1. The Morgan fingerprint density at radius 2 is 2.00 bits per heavy atom. The number of alkyl halides is 2. The highest BCUT2D eigenvalue weighted by atomic mass is 19.3. The number of nitrogens with zero attached hydrogens (tertiary/aromatic N) is 1. The normalized spacial score (nSPS) is 11.7. The van der Waals surface area contributed by atoms with Crippen LogP contribution in [0.4, 0.5) is 19.3 Å². The summed E-state index contributed by atoms with van der Waals surface area (Å²) in [6, 6.07) is 5.79. The van der Waals surface area contributed by atoms with Gasteiger partial charge in [0.25, 0.3) is 6.43 Å². The lowest BCUT2D eigenvalue weighted by atomic mass is 10.1. The largest absolute Gasteiger partial charge is 0.444 e. The van der Waals surface area contributed by atoms with Gasteiger partial charge in [-0.3, -0.25) is 10.3 Å². The van der Waals surface area contributed by atoms with Crippen LogP contribution < -0.4 is 5.32 Å². The predicted molar refractivity (Wildman–Crippen MR) is 76.6 cm³/mol. The molecule has 1 aromatic carbocycles. The van der Waals surface area contributed by atoms with Crippen LogP contribution in [0.15, 0.2) is 30.5 Å². The summed E-state index contributed by atoms with van der Waals surface area (Å²) in [5.41, 5.74) is 0.271. The van der Waals surface area contributed by atoms with E-state index in [9.17, 15) is 13.6 Å². The quantitative estimate of drug-likeness (QED) is 0.886. The van der Waals surface area contributed by atoms with Gasteiger partial charge >= 0.3 is 6.09 Å². The maximum Gasteiger partial charge on any atom is 0.412 e. The maximum absolute atomic E-state index is 12.7. The number of carbonyl (C=O) groups is 1. The standard InChI is InChI=1S/C15H16F2N2O2/c1-15(2,3)21-14(20)19-11-7-10-6-9(13(16)17)4-5-12(10)18-8-11/h4-8,13H,1-3H3,(H,19,20). The van der Waals surface area contributed by atoms with Gasteiger partial charge in [-0.05, 0) is 39.0 Å². The van der Waals surface area contributed by atoms with E-state index in [0.717, 1.165) is 0 Å². The van der Waals surface area contributed by atoms with E-state index in [1.165, 1.54) is 24.4 Å². The average Bonchev–Trinajstić information content (AvgIpc) is 2.35. The molecule has 2 aromatic rings. The van der Waals surface area contributed by atoms with Crippen LogP contribution >= 0.6 is 0 Å². The van der Waals surface area contributed by atoms with Gasteiger partial charge in [0, 0.05) is 10.9 Å². The van der Waals surface area contributed by atoms with Crippen LogP contribution in [0.1, 0.15) is 32.8 Å². The van der Waals surface area contributed by atoms with Crippen LogP contribution in [0.2, 0.25) is 0 Å². The molecule has 0 fully saturated rings. The Balaban J connectivity index is 2.23. The second kappa shape index (κ2) is 5.63. The van der Waals surface area contributed by atoms with Gasteiger partial charge in [0.2, 0.25) is 0 Å². The fourth-order valence-electron chi connectivity index (χ4n) is 1.78. The number of halogens is 2. The number of benzene rings is 1. The van der Waals surface area contributed by atoms with Crippen molar-refractivity contribution in [2.75, 3.05) is 5.32 Å². The minimum Gasteiger partial charge on any atom is -0.444 e. The molecule has 0 saturated heterocycles. The third-order valence-corrected chi connectivity index (χ3v) is 2.60. The van der Waals surface area contributed by atoms with E-state index in [-0.39, 0.29) is 5.56 Å². The number of anilines is 1. The van der Waals surface area contributed by atoms with Crippen molar-refractivity contribution in [1.82, 2.24) is 4.98 Å². The first-order chi connectivity index (χ1) is 9.74. The molecule has 0 saturated carbocycles.